The first-order valence-corrected chi connectivity index (χ1v) is 12.6. The number of hydrogen-bond donors (Lipinski definition) is 5. The van der Waals surface area contributed by atoms with Crippen molar-refractivity contribution in [2.45, 2.75) is 58.4 Å². The maximum Gasteiger partial charge on any atom is 0.407 e. The summed E-state index contributed by atoms with van der Waals surface area (Å²) in [6.45, 7) is 5.09. The number of amides is 3. The number of aliphatic hydroxyl groups is 1. The summed E-state index contributed by atoms with van der Waals surface area (Å²) in [6, 6.07) is 6.51. The van der Waals surface area contributed by atoms with Gasteiger partial charge in [-0.15, -0.1) is 0 Å². The minimum Gasteiger partial charge on any atom is -0.445 e. The van der Waals surface area contributed by atoms with Crippen molar-refractivity contribution in [2.75, 3.05) is 26.1 Å². The molecule has 1 aromatic rings. The summed E-state index contributed by atoms with van der Waals surface area (Å²) in [5.74, 6) is -1.06. The van der Waals surface area contributed by atoms with E-state index in [1.165, 1.54) is 14.0 Å². The highest BCUT2D eigenvalue weighted by molar-refractivity contribution is 6.25. The minimum atomic E-state index is -1.06. The Hall–Kier alpha value is -4.23. The molecule has 2 aliphatic heterocycles. The van der Waals surface area contributed by atoms with Gasteiger partial charge in [-0.3, -0.25) is 19.2 Å². The molecule has 7 N–H and O–H groups in total. The SMILES string of the molecule is CC(N)=O.CCC(=O)Nc1ccc(COC(=O)N[C@@H]2CCN3C4=C(CC23OC)C(=O)C(N)=C(C)C4=O)cc1.CO. The van der Waals surface area contributed by atoms with Crippen molar-refractivity contribution in [3.8, 4) is 0 Å². The zero-order valence-corrected chi connectivity index (χ0v) is 23.3. The van der Waals surface area contributed by atoms with Crippen molar-refractivity contribution >= 4 is 35.2 Å². The number of carbonyl (C=O) groups is 5. The van der Waals surface area contributed by atoms with Gasteiger partial charge < -0.3 is 41.6 Å². The number of nitrogens with two attached hydrogens (primary N) is 2. The Kier molecular flexibility index (Phi) is 11.0. The van der Waals surface area contributed by atoms with Gasteiger partial charge in [0.15, 0.2) is 5.72 Å². The smallest absolute Gasteiger partial charge is 0.407 e. The van der Waals surface area contributed by atoms with Crippen LogP contribution in [-0.2, 0) is 35.3 Å². The van der Waals surface area contributed by atoms with Crippen molar-refractivity contribution in [2.24, 2.45) is 11.5 Å². The molecule has 0 spiro atoms. The number of nitrogens with one attached hydrogen (secondary N) is 2. The van der Waals surface area contributed by atoms with E-state index in [-0.39, 0.29) is 47.7 Å². The van der Waals surface area contributed by atoms with Crippen LogP contribution in [-0.4, -0.2) is 72.0 Å². The molecule has 3 amide bonds. The number of ketones is 2. The summed E-state index contributed by atoms with van der Waals surface area (Å²) in [4.78, 5) is 60.6. The molecular weight excluding hydrogens is 522 g/mol. The van der Waals surface area contributed by atoms with Gasteiger partial charge in [-0.05, 0) is 31.0 Å². The summed E-state index contributed by atoms with van der Waals surface area (Å²) in [7, 11) is 2.49. The van der Waals surface area contributed by atoms with Gasteiger partial charge in [0, 0.05) is 57.4 Å². The Labute approximate surface area is 232 Å². The molecule has 1 saturated heterocycles. The van der Waals surface area contributed by atoms with E-state index in [4.69, 9.17) is 20.3 Å². The van der Waals surface area contributed by atoms with Crippen molar-refractivity contribution < 1.29 is 38.6 Å². The van der Waals surface area contributed by atoms with Gasteiger partial charge in [0.2, 0.25) is 23.4 Å². The lowest BCUT2D eigenvalue weighted by Gasteiger charge is -2.37. The van der Waals surface area contributed by atoms with Gasteiger partial charge in [-0.2, -0.15) is 0 Å². The van der Waals surface area contributed by atoms with Crippen LogP contribution in [0.5, 0.6) is 0 Å². The number of aliphatic hydroxyl groups excluding tert-OH is 1. The maximum absolute atomic E-state index is 12.9. The Bertz CT molecular complexity index is 1220. The van der Waals surface area contributed by atoms with Crippen LogP contribution in [0, 0.1) is 0 Å². The molecule has 0 bridgehead atoms. The highest BCUT2D eigenvalue weighted by atomic mass is 16.6. The third-order valence-electron chi connectivity index (χ3n) is 6.68. The van der Waals surface area contributed by atoms with Gasteiger partial charge in [-0.1, -0.05) is 19.1 Å². The second-order valence-electron chi connectivity index (χ2n) is 9.17. The summed E-state index contributed by atoms with van der Waals surface area (Å²) < 4.78 is 11.2. The van der Waals surface area contributed by atoms with E-state index < -0.39 is 17.9 Å². The molecule has 0 aromatic heterocycles. The number of primary amides is 1. The van der Waals surface area contributed by atoms with Crippen LogP contribution in [0.2, 0.25) is 0 Å². The molecule has 218 valence electrons. The molecule has 1 aliphatic carbocycles. The van der Waals surface area contributed by atoms with Crippen LogP contribution in [0.1, 0.15) is 45.6 Å². The lowest BCUT2D eigenvalue weighted by molar-refractivity contribution is -0.121. The first-order chi connectivity index (χ1) is 18.9. The maximum atomic E-state index is 12.9. The molecule has 4 rings (SSSR count). The molecule has 3 aliphatic rings. The normalized spacial score (nSPS) is 20.9. The van der Waals surface area contributed by atoms with Crippen LogP contribution in [0.15, 0.2) is 46.8 Å². The molecule has 0 saturated carbocycles. The topological polar surface area (TPSA) is 203 Å². The lowest BCUT2D eigenvalue weighted by atomic mass is 9.89. The average molecular weight is 560 g/mol. The molecule has 1 aromatic carbocycles. The molecule has 1 unspecified atom stereocenters. The molecular formula is C27H37N5O8. The molecule has 2 atom stereocenters. The summed E-state index contributed by atoms with van der Waals surface area (Å²) in [6.07, 6.45) is 0.415. The van der Waals surface area contributed by atoms with Crippen molar-refractivity contribution in [1.82, 2.24) is 10.2 Å². The van der Waals surface area contributed by atoms with E-state index >= 15 is 0 Å². The number of anilines is 1. The fourth-order valence-corrected chi connectivity index (χ4v) is 4.74. The van der Waals surface area contributed by atoms with Crippen molar-refractivity contribution in [3.63, 3.8) is 0 Å². The van der Waals surface area contributed by atoms with Gasteiger partial charge in [-0.25, -0.2) is 4.79 Å². The lowest BCUT2D eigenvalue weighted by Crippen LogP contribution is -2.55. The third kappa shape index (κ3) is 6.66. The van der Waals surface area contributed by atoms with E-state index in [1.807, 2.05) is 0 Å². The Balaban J connectivity index is 0.000000858. The fraction of sp³-hybridized carbons (Fsp3) is 0.444. The number of fused-ring (bicyclic) bond motifs is 2. The molecule has 1 fully saturated rings. The number of carbonyl (C=O) groups excluding carboxylic acids is 5. The summed E-state index contributed by atoms with van der Waals surface area (Å²) in [5.41, 5.74) is 11.5. The Morgan fingerprint density at radius 2 is 1.75 bits per heavy atom. The monoisotopic (exact) mass is 559 g/mol. The number of Topliss-reactive ketones (excluding diaryl/α,β-unsaturated/α-hetero) is 2. The molecule has 13 nitrogen and oxygen atoms in total. The van der Waals surface area contributed by atoms with E-state index in [2.05, 4.69) is 16.4 Å². The van der Waals surface area contributed by atoms with E-state index in [9.17, 15) is 24.0 Å². The number of ether oxygens (including phenoxy) is 2. The summed E-state index contributed by atoms with van der Waals surface area (Å²) in [5, 5.41) is 12.6. The average Bonchev–Trinajstić information content (AvgIpc) is 3.46. The fourth-order valence-electron chi connectivity index (χ4n) is 4.74. The second kappa shape index (κ2) is 13.7. The number of benzene rings is 1. The number of rotatable bonds is 6. The van der Waals surface area contributed by atoms with Crippen molar-refractivity contribution in [3.05, 3.63) is 52.4 Å². The van der Waals surface area contributed by atoms with Gasteiger partial charge in [0.05, 0.1) is 17.4 Å². The Morgan fingerprint density at radius 1 is 1.15 bits per heavy atom. The number of allylic oxidation sites excluding steroid dienone is 2. The van der Waals surface area contributed by atoms with Crippen LogP contribution < -0.4 is 22.1 Å². The predicted molar refractivity (Wildman–Crippen MR) is 145 cm³/mol. The summed E-state index contributed by atoms with van der Waals surface area (Å²) >= 11 is 0. The van der Waals surface area contributed by atoms with Gasteiger partial charge in [0.1, 0.15) is 6.61 Å². The quantitative estimate of drug-likeness (QED) is 0.310. The second-order valence-corrected chi connectivity index (χ2v) is 9.17. The Morgan fingerprint density at radius 3 is 2.30 bits per heavy atom. The van der Waals surface area contributed by atoms with Crippen LogP contribution in [0.25, 0.3) is 0 Å². The minimum absolute atomic E-state index is 0.0373. The van der Waals surface area contributed by atoms with Gasteiger partial charge in [0.25, 0.3) is 0 Å². The standard InChI is InChI=1S/C24H28N4O6.C2H5NO.CH4O/c1-4-18(29)26-15-7-5-14(6-8-15)12-34-23(32)27-17-9-10-28-20-16(11-24(17,28)33-3)22(31)19(25)13(2)21(20)30;1-2(3)4;1-2/h5-8,17H,4,9-12,25H2,1-3H3,(H,26,29)(H,27,32);1H3,(H2,3,4);2H,1H3/t17-,24?;;/m1../s1. The van der Waals surface area contributed by atoms with Crippen LogP contribution in [0.4, 0.5) is 10.5 Å². The number of hydrogen-bond acceptors (Lipinski definition) is 10. The third-order valence-corrected chi connectivity index (χ3v) is 6.68. The number of alkyl carbamates (subject to hydrolysis) is 1. The highest BCUT2D eigenvalue weighted by Crippen LogP contribution is 2.48. The first kappa shape index (κ1) is 32.0. The van der Waals surface area contributed by atoms with Crippen LogP contribution >= 0.6 is 0 Å². The molecule has 0 radical (unpaired) electrons. The highest BCUT2D eigenvalue weighted by Gasteiger charge is 2.59. The zero-order valence-electron chi connectivity index (χ0n) is 23.3. The number of nitrogens with zero attached hydrogens (tertiary/aromatic N) is 1. The van der Waals surface area contributed by atoms with E-state index in [0.29, 0.717) is 36.3 Å². The van der Waals surface area contributed by atoms with Gasteiger partial charge >= 0.3 is 6.09 Å². The number of methoxy groups -OCH3 is 1. The first-order valence-electron chi connectivity index (χ1n) is 12.6. The molecule has 2 heterocycles. The zero-order chi connectivity index (χ0) is 30.2. The van der Waals surface area contributed by atoms with Crippen molar-refractivity contribution in [1.29, 1.82) is 0 Å². The van der Waals surface area contributed by atoms with E-state index in [0.717, 1.165) is 12.7 Å². The van der Waals surface area contributed by atoms with Crippen LogP contribution in [0.3, 0.4) is 0 Å². The molecule has 13 heteroatoms. The van der Waals surface area contributed by atoms with E-state index in [1.54, 1.807) is 43.0 Å². The molecule has 40 heavy (non-hydrogen) atoms. The largest absolute Gasteiger partial charge is 0.445 e. The predicted octanol–water partition coefficient (Wildman–Crippen LogP) is 0.821.